The van der Waals surface area contributed by atoms with E-state index in [1.54, 1.807) is 6.92 Å². The fourth-order valence-electron chi connectivity index (χ4n) is 1.44. The van der Waals surface area contributed by atoms with Gasteiger partial charge in [0.2, 0.25) is 11.8 Å². The molecule has 0 spiro atoms. The number of amides is 2. The van der Waals surface area contributed by atoms with E-state index in [0.29, 0.717) is 0 Å². The van der Waals surface area contributed by atoms with Crippen molar-refractivity contribution in [1.82, 2.24) is 10.6 Å². The van der Waals surface area contributed by atoms with Gasteiger partial charge >= 0.3 is 0 Å². The van der Waals surface area contributed by atoms with Crippen LogP contribution in [0.1, 0.15) is 40.5 Å². The molecule has 0 fully saturated rings. The van der Waals surface area contributed by atoms with Crippen LogP contribution in [-0.2, 0) is 23.9 Å². The van der Waals surface area contributed by atoms with Gasteiger partial charge in [-0.2, -0.15) is 0 Å². The number of hydrogen-bond acceptors (Lipinski definition) is 5. The van der Waals surface area contributed by atoms with E-state index in [0.717, 1.165) is 0 Å². The van der Waals surface area contributed by atoms with Crippen LogP contribution >= 0.6 is 0 Å². The van der Waals surface area contributed by atoms with Gasteiger partial charge in [-0.25, -0.2) is 0 Å². The Balaban J connectivity index is 3.84. The van der Waals surface area contributed by atoms with Crippen LogP contribution in [0, 0.1) is 0 Å². The lowest BCUT2D eigenvalue weighted by Crippen LogP contribution is -2.35. The molecule has 2 amide bonds. The molecule has 0 saturated heterocycles. The lowest BCUT2D eigenvalue weighted by atomic mass is 10.2. The molecule has 0 bridgehead atoms. The number of Topliss-reactive ketones (excluding diaryl/α,β-unsaturated/α-hetero) is 2. The van der Waals surface area contributed by atoms with Crippen LogP contribution in [-0.4, -0.2) is 48.7 Å². The van der Waals surface area contributed by atoms with Crippen molar-refractivity contribution in [2.24, 2.45) is 0 Å². The van der Waals surface area contributed by atoms with Crippen molar-refractivity contribution < 1.29 is 23.9 Å². The summed E-state index contributed by atoms with van der Waals surface area (Å²) in [6.07, 6.45) is -0.763. The second-order valence-electron chi connectivity index (χ2n) is 5.24. The molecule has 2 N–H and O–H groups in total. The molecule has 0 radical (unpaired) electrons. The molecule has 0 aliphatic carbocycles. The van der Waals surface area contributed by atoms with Crippen molar-refractivity contribution in [2.45, 2.75) is 52.7 Å². The second-order valence-corrected chi connectivity index (χ2v) is 5.24. The number of ketones is 2. The SMILES string of the molecule is CC(=O)CC(=O)NCC(C)OCC(=O)CC(=O)NC(C)C. The minimum absolute atomic E-state index is 0.0124. The van der Waals surface area contributed by atoms with E-state index in [9.17, 15) is 19.2 Å². The highest BCUT2D eigenvalue weighted by molar-refractivity contribution is 5.98. The van der Waals surface area contributed by atoms with Gasteiger partial charge in [-0.05, 0) is 27.7 Å². The molecule has 21 heavy (non-hydrogen) atoms. The molecule has 1 unspecified atom stereocenters. The van der Waals surface area contributed by atoms with Gasteiger partial charge < -0.3 is 15.4 Å². The van der Waals surface area contributed by atoms with Crippen LogP contribution in [0.25, 0.3) is 0 Å². The Morgan fingerprint density at radius 1 is 1.00 bits per heavy atom. The predicted molar refractivity (Wildman–Crippen MR) is 76.6 cm³/mol. The van der Waals surface area contributed by atoms with Gasteiger partial charge in [0, 0.05) is 12.6 Å². The fourth-order valence-corrected chi connectivity index (χ4v) is 1.44. The Hall–Kier alpha value is -1.76. The van der Waals surface area contributed by atoms with Gasteiger partial charge in [0.15, 0.2) is 5.78 Å². The van der Waals surface area contributed by atoms with Crippen LogP contribution in [0.3, 0.4) is 0 Å². The predicted octanol–water partition coefficient (Wildman–Crippen LogP) is -0.0294. The quantitative estimate of drug-likeness (QED) is 0.552. The van der Waals surface area contributed by atoms with E-state index in [4.69, 9.17) is 4.74 Å². The average molecular weight is 300 g/mol. The first-order valence-corrected chi connectivity index (χ1v) is 6.89. The molecule has 0 saturated carbocycles. The molecule has 0 aliphatic rings. The number of ether oxygens (including phenoxy) is 1. The van der Waals surface area contributed by atoms with E-state index < -0.39 is 0 Å². The maximum absolute atomic E-state index is 11.5. The van der Waals surface area contributed by atoms with Gasteiger partial charge in [0.05, 0.1) is 18.9 Å². The van der Waals surface area contributed by atoms with Gasteiger partial charge in [0.1, 0.15) is 12.4 Å². The average Bonchev–Trinajstić information content (AvgIpc) is 2.31. The zero-order chi connectivity index (χ0) is 16.4. The number of rotatable bonds is 10. The Morgan fingerprint density at radius 3 is 2.14 bits per heavy atom. The largest absolute Gasteiger partial charge is 0.369 e. The topological polar surface area (TPSA) is 102 Å². The zero-order valence-corrected chi connectivity index (χ0v) is 13.0. The van der Waals surface area contributed by atoms with Gasteiger partial charge in [0.25, 0.3) is 0 Å². The van der Waals surface area contributed by atoms with Gasteiger partial charge in [-0.3, -0.25) is 19.2 Å². The summed E-state index contributed by atoms with van der Waals surface area (Å²) in [5.41, 5.74) is 0. The van der Waals surface area contributed by atoms with Crippen molar-refractivity contribution in [3.63, 3.8) is 0 Å². The standard InChI is InChI=1S/C14H24N2O5/c1-9(2)16-14(20)6-12(18)8-21-11(4)7-15-13(19)5-10(3)17/h9,11H,5-8H2,1-4H3,(H,15,19)(H,16,20). The van der Waals surface area contributed by atoms with Crippen molar-refractivity contribution in [3.05, 3.63) is 0 Å². The van der Waals surface area contributed by atoms with E-state index in [1.807, 2.05) is 13.8 Å². The van der Waals surface area contributed by atoms with Gasteiger partial charge in [-0.1, -0.05) is 0 Å². The Bertz CT molecular complexity index is 393. The summed E-state index contributed by atoms with van der Waals surface area (Å²) in [5, 5.41) is 5.14. The highest BCUT2D eigenvalue weighted by Gasteiger charge is 2.13. The van der Waals surface area contributed by atoms with Crippen LogP contribution in [0.15, 0.2) is 0 Å². The number of hydrogen-bond donors (Lipinski definition) is 2. The highest BCUT2D eigenvalue weighted by atomic mass is 16.5. The lowest BCUT2D eigenvalue weighted by molar-refractivity contribution is -0.131. The minimum atomic E-state index is -0.377. The van der Waals surface area contributed by atoms with E-state index in [2.05, 4.69) is 10.6 Å². The first-order valence-electron chi connectivity index (χ1n) is 6.89. The van der Waals surface area contributed by atoms with E-state index in [-0.39, 0.29) is 61.5 Å². The molecule has 0 aliphatic heterocycles. The molecular formula is C14H24N2O5. The Morgan fingerprint density at radius 2 is 1.62 bits per heavy atom. The van der Waals surface area contributed by atoms with Gasteiger partial charge in [-0.15, -0.1) is 0 Å². The molecule has 1 atom stereocenters. The zero-order valence-electron chi connectivity index (χ0n) is 13.0. The summed E-state index contributed by atoms with van der Waals surface area (Å²) in [7, 11) is 0. The van der Waals surface area contributed by atoms with Crippen molar-refractivity contribution in [3.8, 4) is 0 Å². The van der Waals surface area contributed by atoms with Crippen molar-refractivity contribution in [2.75, 3.05) is 13.2 Å². The minimum Gasteiger partial charge on any atom is -0.369 e. The number of nitrogens with one attached hydrogen (secondary N) is 2. The van der Waals surface area contributed by atoms with Crippen LogP contribution in [0.5, 0.6) is 0 Å². The third-order valence-electron chi connectivity index (χ3n) is 2.33. The van der Waals surface area contributed by atoms with Crippen molar-refractivity contribution in [1.29, 1.82) is 0 Å². The summed E-state index contributed by atoms with van der Waals surface area (Å²) in [4.78, 5) is 44.8. The normalized spacial score (nSPS) is 11.9. The number of carbonyl (C=O) groups excluding carboxylic acids is 4. The molecule has 120 valence electrons. The van der Waals surface area contributed by atoms with E-state index in [1.165, 1.54) is 6.92 Å². The molecule has 0 aromatic heterocycles. The molecular weight excluding hydrogens is 276 g/mol. The molecule has 0 aromatic carbocycles. The highest BCUT2D eigenvalue weighted by Crippen LogP contribution is 1.94. The summed E-state index contributed by atoms with van der Waals surface area (Å²) in [6, 6.07) is -0.0124. The third-order valence-corrected chi connectivity index (χ3v) is 2.33. The molecule has 0 aromatic rings. The summed E-state index contributed by atoms with van der Waals surface area (Å²) in [6.45, 7) is 6.66. The van der Waals surface area contributed by atoms with Crippen LogP contribution < -0.4 is 10.6 Å². The number of carbonyl (C=O) groups is 4. The second kappa shape index (κ2) is 10.0. The smallest absolute Gasteiger partial charge is 0.227 e. The maximum Gasteiger partial charge on any atom is 0.227 e. The molecule has 0 rings (SSSR count). The molecule has 7 nitrogen and oxygen atoms in total. The first kappa shape index (κ1) is 19.2. The van der Waals surface area contributed by atoms with Crippen molar-refractivity contribution >= 4 is 23.4 Å². The summed E-state index contributed by atoms with van der Waals surface area (Å²) >= 11 is 0. The first-order chi connectivity index (χ1) is 9.70. The Kier molecular flexibility index (Phi) is 9.20. The fraction of sp³-hybridized carbons (Fsp3) is 0.714. The monoisotopic (exact) mass is 300 g/mol. The molecule has 7 heteroatoms. The third kappa shape index (κ3) is 11.7. The van der Waals surface area contributed by atoms with Crippen LogP contribution in [0.2, 0.25) is 0 Å². The van der Waals surface area contributed by atoms with Crippen LogP contribution in [0.4, 0.5) is 0 Å². The summed E-state index contributed by atoms with van der Waals surface area (Å²) < 4.78 is 5.24. The summed E-state index contributed by atoms with van der Waals surface area (Å²) in [5.74, 6) is -1.25. The molecule has 0 heterocycles. The lowest BCUT2D eigenvalue weighted by Gasteiger charge is -2.13. The Labute approximate surface area is 124 Å². The van der Waals surface area contributed by atoms with E-state index >= 15 is 0 Å². The maximum atomic E-state index is 11.5.